The molecule has 4 N–H and O–H groups in total. The van der Waals surface area contributed by atoms with E-state index in [2.05, 4.69) is 15.1 Å². The second-order valence-electron chi connectivity index (χ2n) is 15.1. The number of rotatable bonds is 9. The number of oxime groups is 1. The Labute approximate surface area is 303 Å². The Bertz CT molecular complexity index is 1300. The third-order valence-electron chi connectivity index (χ3n) is 10.9. The number of aromatic nitrogens is 2. The van der Waals surface area contributed by atoms with Crippen LogP contribution in [0.2, 0.25) is 0 Å². The zero-order chi connectivity index (χ0) is 38.3. The zero-order valence-electron chi connectivity index (χ0n) is 32.2. The van der Waals surface area contributed by atoms with Crippen LogP contribution in [0.3, 0.4) is 0 Å². The van der Waals surface area contributed by atoms with Gasteiger partial charge >= 0.3 is 5.97 Å². The largest absolute Gasteiger partial charge is 0.497 e. The molecule has 2 aliphatic heterocycles. The minimum atomic E-state index is -1.90. The van der Waals surface area contributed by atoms with Gasteiger partial charge in [-0.15, -0.1) is 0 Å². The van der Waals surface area contributed by atoms with E-state index in [1.54, 1.807) is 46.4 Å². The molecule has 290 valence electrons. The number of cyclic esters (lactones) is 1. The van der Waals surface area contributed by atoms with E-state index in [0.717, 1.165) is 5.56 Å². The highest BCUT2D eigenvalue weighted by molar-refractivity contribution is 5.88. The first-order valence-electron chi connectivity index (χ1n) is 18.0. The summed E-state index contributed by atoms with van der Waals surface area (Å²) in [7, 11) is 5.33. The maximum Gasteiger partial charge on any atom is 0.312 e. The normalized spacial score (nSPS) is 41.4. The number of likely N-dealkylation sites (N-methyl/N-ethyl adjacent to an activating group) is 1. The second-order valence-corrected chi connectivity index (χ2v) is 15.1. The zero-order valence-corrected chi connectivity index (χ0v) is 32.2. The fraction of sp³-hybridized carbons (Fsp3) is 0.784. The van der Waals surface area contributed by atoms with Gasteiger partial charge in [0.05, 0.1) is 41.8 Å². The molecule has 0 aliphatic carbocycles. The predicted molar refractivity (Wildman–Crippen MR) is 190 cm³/mol. The van der Waals surface area contributed by atoms with Gasteiger partial charge in [0.1, 0.15) is 30.2 Å². The van der Waals surface area contributed by atoms with Gasteiger partial charge in [-0.25, -0.2) is 9.97 Å². The van der Waals surface area contributed by atoms with Crippen molar-refractivity contribution in [3.05, 3.63) is 36.6 Å². The van der Waals surface area contributed by atoms with E-state index < -0.39 is 77.7 Å². The summed E-state index contributed by atoms with van der Waals surface area (Å²) in [4.78, 5) is 24.1. The van der Waals surface area contributed by atoms with E-state index >= 15 is 0 Å². The quantitative estimate of drug-likeness (QED) is 0.126. The molecule has 0 amide bonds. The number of esters is 1. The van der Waals surface area contributed by atoms with Crippen LogP contribution in [0.5, 0.6) is 0 Å². The van der Waals surface area contributed by atoms with Crippen LogP contribution in [0, 0.1) is 23.7 Å². The molecule has 14 nitrogen and oxygen atoms in total. The summed E-state index contributed by atoms with van der Waals surface area (Å²) in [6.45, 7) is 14.0. The van der Waals surface area contributed by atoms with E-state index in [4.69, 9.17) is 23.7 Å². The van der Waals surface area contributed by atoms with Crippen molar-refractivity contribution in [3.8, 4) is 0 Å². The molecule has 2 aliphatic rings. The number of hydrogen-bond donors (Lipinski definition) is 4. The monoisotopic (exact) mass is 722 g/mol. The van der Waals surface area contributed by atoms with Gasteiger partial charge in [-0.1, -0.05) is 32.9 Å². The van der Waals surface area contributed by atoms with Crippen LogP contribution >= 0.6 is 0 Å². The first-order valence-corrected chi connectivity index (χ1v) is 18.0. The van der Waals surface area contributed by atoms with Crippen molar-refractivity contribution in [3.63, 3.8) is 0 Å². The Kier molecular flexibility index (Phi) is 15.4. The maximum atomic E-state index is 14.0. The Balaban J connectivity index is 2.18. The third kappa shape index (κ3) is 10.0. The minimum absolute atomic E-state index is 0.201. The van der Waals surface area contributed by atoms with Gasteiger partial charge in [-0.2, -0.15) is 0 Å². The lowest BCUT2D eigenvalue weighted by Crippen LogP contribution is -2.60. The Morgan fingerprint density at radius 3 is 2.31 bits per heavy atom. The van der Waals surface area contributed by atoms with E-state index in [9.17, 15) is 25.3 Å². The van der Waals surface area contributed by atoms with Crippen molar-refractivity contribution < 1.29 is 49.0 Å². The van der Waals surface area contributed by atoms with Gasteiger partial charge in [-0.05, 0) is 79.1 Å². The highest BCUT2D eigenvalue weighted by Crippen LogP contribution is 2.40. The molecular weight excluding hydrogens is 660 g/mol. The van der Waals surface area contributed by atoms with Gasteiger partial charge < -0.3 is 49.1 Å². The first-order chi connectivity index (χ1) is 23.9. The molecule has 14 heteroatoms. The van der Waals surface area contributed by atoms with Crippen LogP contribution in [0.25, 0.3) is 0 Å². The fourth-order valence-corrected chi connectivity index (χ4v) is 7.78. The summed E-state index contributed by atoms with van der Waals surface area (Å²) in [6, 6.07) is -0.250. The van der Waals surface area contributed by atoms with Gasteiger partial charge in [0, 0.05) is 43.3 Å². The lowest BCUT2D eigenvalue weighted by Gasteiger charge is -2.48. The molecule has 3 heterocycles. The molecule has 0 spiro atoms. The van der Waals surface area contributed by atoms with Crippen LogP contribution in [-0.2, 0) is 34.9 Å². The average Bonchev–Trinajstić information content (AvgIpc) is 3.09. The van der Waals surface area contributed by atoms with Gasteiger partial charge in [0.15, 0.2) is 6.29 Å². The SMILES string of the molecule is CC[C@H]1OC(=O)[C@H](C)[C@@H](O/C=C\Cc2cncnc2)[C@H](C)[C@@H](O[C@H]2O[C@@H](C)C[C@@H](N(C)C)[C@@H]2O)[C@](C)(OC)C[C@@H](C)/C(=N\O)[C@H](C)[C@@H](O)[C@]1(C)O. The number of aliphatic hydroxyl groups excluding tert-OH is 2. The molecule has 0 radical (unpaired) electrons. The topological polar surface area (TPSA) is 186 Å². The number of carbonyl (C=O) groups excluding carboxylic acids is 1. The summed E-state index contributed by atoms with van der Waals surface area (Å²) in [6.07, 6.45) is 3.04. The summed E-state index contributed by atoms with van der Waals surface area (Å²) in [5, 5.41) is 48.6. The summed E-state index contributed by atoms with van der Waals surface area (Å²) in [5.41, 5.74) is -1.97. The van der Waals surface area contributed by atoms with Gasteiger partial charge in [-0.3, -0.25) is 4.79 Å². The number of allylic oxidation sites excluding steroid dienone is 1. The van der Waals surface area contributed by atoms with E-state index in [1.807, 2.05) is 46.7 Å². The molecular formula is C37H62N4O10. The molecule has 3 rings (SSSR count). The molecule has 2 saturated heterocycles. The molecule has 2 fully saturated rings. The van der Waals surface area contributed by atoms with Crippen LogP contribution in [0.15, 0.2) is 36.2 Å². The Morgan fingerprint density at radius 1 is 1.10 bits per heavy atom. The van der Waals surface area contributed by atoms with Crippen molar-refractivity contribution in [1.29, 1.82) is 0 Å². The predicted octanol–water partition coefficient (Wildman–Crippen LogP) is 3.35. The van der Waals surface area contributed by atoms with Crippen LogP contribution in [0.4, 0.5) is 0 Å². The summed E-state index contributed by atoms with van der Waals surface area (Å²) >= 11 is 0. The summed E-state index contributed by atoms with van der Waals surface area (Å²) in [5.74, 6) is -3.51. The molecule has 1 aromatic heterocycles. The number of methoxy groups -OCH3 is 1. The highest BCUT2D eigenvalue weighted by Gasteiger charge is 2.52. The van der Waals surface area contributed by atoms with Gasteiger partial charge in [0.2, 0.25) is 0 Å². The Morgan fingerprint density at radius 2 is 1.75 bits per heavy atom. The van der Waals surface area contributed by atoms with Crippen molar-refractivity contribution >= 4 is 11.7 Å². The molecule has 51 heavy (non-hydrogen) atoms. The fourth-order valence-electron chi connectivity index (χ4n) is 7.78. The highest BCUT2D eigenvalue weighted by atomic mass is 16.7. The van der Waals surface area contributed by atoms with Crippen molar-refractivity contribution in [2.75, 3.05) is 21.2 Å². The molecule has 0 unspecified atom stereocenters. The minimum Gasteiger partial charge on any atom is -0.497 e. The van der Waals surface area contributed by atoms with Crippen LogP contribution in [0.1, 0.15) is 80.2 Å². The van der Waals surface area contributed by atoms with E-state index in [0.29, 0.717) is 12.8 Å². The lowest BCUT2D eigenvalue weighted by molar-refractivity contribution is -0.301. The molecule has 0 aromatic carbocycles. The number of aliphatic hydroxyl groups is 3. The first kappa shape index (κ1) is 42.7. The second kappa shape index (κ2) is 18.4. The molecule has 0 saturated carbocycles. The Hall–Kier alpha value is -2.72. The van der Waals surface area contributed by atoms with Gasteiger partial charge in [0.25, 0.3) is 0 Å². The van der Waals surface area contributed by atoms with Crippen molar-refractivity contribution in [2.24, 2.45) is 28.8 Å². The molecule has 14 atom stereocenters. The standard InChI is InChI=1S/C37H62N4O10/c1-12-28-37(8,45)32(43)23(4)29(40-46)21(2)17-36(7,47-11)33(51-35-30(42)27(41(9)10)16-22(3)49-35)24(5)31(25(6)34(44)50-28)48-15-13-14-26-18-38-20-39-19-26/h13,15,18-25,27-28,30-33,35,42-43,45-46H,12,14,16-17H2,1-11H3/b15-13-,40-29+/t21-,22+,23+,24+,25-,27-,28-,30+,31+,32-,33-,35-,36-,37-/m1/s1. The molecule has 1 aromatic rings. The number of hydrogen-bond acceptors (Lipinski definition) is 14. The number of ether oxygens (including phenoxy) is 5. The number of carbonyl (C=O) groups is 1. The van der Waals surface area contributed by atoms with Crippen molar-refractivity contribution in [1.82, 2.24) is 14.9 Å². The summed E-state index contributed by atoms with van der Waals surface area (Å²) < 4.78 is 31.7. The van der Waals surface area contributed by atoms with E-state index in [-0.39, 0.29) is 30.7 Å². The van der Waals surface area contributed by atoms with Crippen LogP contribution in [-0.4, -0.2) is 128 Å². The third-order valence-corrected chi connectivity index (χ3v) is 10.9. The van der Waals surface area contributed by atoms with Crippen molar-refractivity contribution in [2.45, 2.75) is 141 Å². The lowest BCUT2D eigenvalue weighted by atomic mass is 9.73. The van der Waals surface area contributed by atoms with E-state index in [1.165, 1.54) is 19.5 Å². The average molecular weight is 723 g/mol. The van der Waals surface area contributed by atoms with Crippen LogP contribution < -0.4 is 0 Å². The smallest absolute Gasteiger partial charge is 0.312 e. The number of nitrogens with zero attached hydrogens (tertiary/aromatic N) is 4. The molecule has 0 bridgehead atoms. The maximum absolute atomic E-state index is 14.0.